The third-order valence-electron chi connectivity index (χ3n) is 4.25. The highest BCUT2D eigenvalue weighted by Crippen LogP contribution is 2.32. The van der Waals surface area contributed by atoms with Crippen molar-refractivity contribution >= 4 is 35.6 Å². The van der Waals surface area contributed by atoms with E-state index in [2.05, 4.69) is 10.6 Å². The smallest absolute Gasteiger partial charge is 0.224 e. The van der Waals surface area contributed by atoms with Gasteiger partial charge in [0.05, 0.1) is 5.02 Å². The molecule has 3 nitrogen and oxygen atoms in total. The van der Waals surface area contributed by atoms with Crippen molar-refractivity contribution in [2.24, 2.45) is 5.92 Å². The van der Waals surface area contributed by atoms with Crippen molar-refractivity contribution in [3.63, 3.8) is 0 Å². The predicted molar refractivity (Wildman–Crippen MR) is 84.6 cm³/mol. The van der Waals surface area contributed by atoms with Crippen molar-refractivity contribution in [3.8, 4) is 0 Å². The molecule has 6 heteroatoms. The van der Waals surface area contributed by atoms with E-state index in [4.69, 9.17) is 11.6 Å². The molecule has 2 unspecified atom stereocenters. The lowest BCUT2D eigenvalue weighted by atomic mass is 9.89. The summed E-state index contributed by atoms with van der Waals surface area (Å²) in [4.78, 5) is 12.0. The fourth-order valence-corrected chi connectivity index (χ4v) is 3.57. The third kappa shape index (κ3) is 4.09. The van der Waals surface area contributed by atoms with Gasteiger partial charge in [-0.2, -0.15) is 0 Å². The van der Waals surface area contributed by atoms with Gasteiger partial charge in [-0.1, -0.05) is 11.6 Å². The Balaban J connectivity index is 0.00000161. The van der Waals surface area contributed by atoms with Crippen LogP contribution < -0.4 is 10.6 Å². The van der Waals surface area contributed by atoms with E-state index in [1.807, 2.05) is 0 Å². The molecule has 116 valence electrons. The largest absolute Gasteiger partial charge is 0.326 e. The molecular weight excluding hydrogens is 314 g/mol. The van der Waals surface area contributed by atoms with Crippen LogP contribution in [-0.4, -0.2) is 18.0 Å². The maximum atomic E-state index is 13.1. The molecule has 0 saturated carbocycles. The van der Waals surface area contributed by atoms with E-state index in [0.717, 1.165) is 12.8 Å². The highest BCUT2D eigenvalue weighted by atomic mass is 35.5. The second kappa shape index (κ2) is 6.95. The summed E-state index contributed by atoms with van der Waals surface area (Å²) in [5.41, 5.74) is 0.554. The van der Waals surface area contributed by atoms with Gasteiger partial charge in [-0.25, -0.2) is 4.39 Å². The lowest BCUT2D eigenvalue weighted by Gasteiger charge is -2.28. The minimum absolute atomic E-state index is 0. The number of nitrogens with one attached hydrogen (secondary N) is 2. The molecule has 3 rings (SSSR count). The molecule has 0 spiro atoms. The van der Waals surface area contributed by atoms with Gasteiger partial charge in [-0.3, -0.25) is 4.79 Å². The van der Waals surface area contributed by atoms with Gasteiger partial charge in [-0.15, -0.1) is 12.4 Å². The van der Waals surface area contributed by atoms with Gasteiger partial charge in [0.1, 0.15) is 5.82 Å². The van der Waals surface area contributed by atoms with E-state index in [9.17, 15) is 9.18 Å². The zero-order valence-electron chi connectivity index (χ0n) is 11.6. The molecule has 2 N–H and O–H groups in total. The fraction of sp³-hybridized carbons (Fsp3) is 0.533. The summed E-state index contributed by atoms with van der Waals surface area (Å²) in [5, 5.41) is 6.39. The van der Waals surface area contributed by atoms with Crippen LogP contribution in [0.2, 0.25) is 5.02 Å². The lowest BCUT2D eigenvalue weighted by molar-refractivity contribution is -0.117. The lowest BCUT2D eigenvalue weighted by Crippen LogP contribution is -2.39. The molecule has 2 bridgehead atoms. The van der Waals surface area contributed by atoms with E-state index in [0.29, 0.717) is 30.1 Å². The Hall–Kier alpha value is -0.840. The highest BCUT2D eigenvalue weighted by Gasteiger charge is 2.34. The summed E-state index contributed by atoms with van der Waals surface area (Å²) in [6, 6.07) is 5.42. The maximum Gasteiger partial charge on any atom is 0.224 e. The number of piperidine rings is 1. The van der Waals surface area contributed by atoms with Crippen LogP contribution in [0.1, 0.15) is 32.1 Å². The summed E-state index contributed by atoms with van der Waals surface area (Å²) >= 11 is 5.70. The molecule has 2 aliphatic rings. The molecule has 2 aliphatic heterocycles. The van der Waals surface area contributed by atoms with Crippen molar-refractivity contribution in [1.29, 1.82) is 0 Å². The van der Waals surface area contributed by atoms with Gasteiger partial charge in [0, 0.05) is 24.2 Å². The number of carbonyl (C=O) groups is 1. The number of fused-ring (bicyclic) bond motifs is 2. The van der Waals surface area contributed by atoms with E-state index in [1.54, 1.807) is 0 Å². The molecule has 2 heterocycles. The summed E-state index contributed by atoms with van der Waals surface area (Å²) in [6.07, 6.45) is 5.15. The summed E-state index contributed by atoms with van der Waals surface area (Å²) in [6.45, 7) is 0. The SMILES string of the molecule is Cl.O=C(CC1CC2CCC(C1)N2)Nc1ccc(F)c(Cl)c1. The third-order valence-corrected chi connectivity index (χ3v) is 4.54. The van der Waals surface area contributed by atoms with Crippen LogP contribution in [0.3, 0.4) is 0 Å². The standard InChI is InChI=1S/C15H18ClFN2O.ClH/c16-13-8-12(3-4-14(13)17)19-15(20)7-9-5-10-1-2-11(6-9)18-10;/h3-4,8-11,18H,1-2,5-7H2,(H,19,20);1H. The van der Waals surface area contributed by atoms with Crippen molar-refractivity contribution in [2.75, 3.05) is 5.32 Å². The maximum absolute atomic E-state index is 13.1. The molecule has 1 aromatic rings. The summed E-state index contributed by atoms with van der Waals surface area (Å²) < 4.78 is 13.1. The second-order valence-electron chi connectivity index (χ2n) is 5.86. The number of benzene rings is 1. The minimum atomic E-state index is -0.473. The Kier molecular flexibility index (Phi) is 5.47. The molecule has 1 amide bonds. The van der Waals surface area contributed by atoms with Gasteiger partial charge in [0.2, 0.25) is 5.91 Å². The van der Waals surface area contributed by atoms with Gasteiger partial charge in [0.25, 0.3) is 0 Å². The first-order valence-corrected chi connectivity index (χ1v) is 7.49. The average Bonchev–Trinajstić information content (AvgIpc) is 2.73. The van der Waals surface area contributed by atoms with Crippen LogP contribution in [0, 0.1) is 11.7 Å². The van der Waals surface area contributed by atoms with Crippen LogP contribution in [-0.2, 0) is 4.79 Å². The topological polar surface area (TPSA) is 41.1 Å². The molecule has 21 heavy (non-hydrogen) atoms. The number of carbonyl (C=O) groups excluding carboxylic acids is 1. The summed E-state index contributed by atoms with van der Waals surface area (Å²) in [7, 11) is 0. The van der Waals surface area contributed by atoms with E-state index < -0.39 is 5.82 Å². The van der Waals surface area contributed by atoms with Gasteiger partial charge in [0.15, 0.2) is 0 Å². The van der Waals surface area contributed by atoms with Crippen molar-refractivity contribution < 1.29 is 9.18 Å². The number of halogens is 3. The monoisotopic (exact) mass is 332 g/mol. The molecule has 2 saturated heterocycles. The normalized spacial score (nSPS) is 27.0. The fourth-order valence-electron chi connectivity index (χ4n) is 3.39. The molecule has 1 aromatic carbocycles. The molecular formula is C15H19Cl2FN2O. The van der Waals surface area contributed by atoms with Crippen molar-refractivity contribution in [2.45, 2.75) is 44.2 Å². The van der Waals surface area contributed by atoms with Crippen LogP contribution in [0.5, 0.6) is 0 Å². The molecule has 0 radical (unpaired) electrons. The van der Waals surface area contributed by atoms with Crippen molar-refractivity contribution in [3.05, 3.63) is 29.0 Å². The number of rotatable bonds is 3. The Labute approximate surface area is 135 Å². The number of hydrogen-bond acceptors (Lipinski definition) is 2. The van der Waals surface area contributed by atoms with Gasteiger partial charge in [-0.05, 0) is 49.8 Å². The molecule has 0 aromatic heterocycles. The Bertz CT molecular complexity index is 514. The second-order valence-corrected chi connectivity index (χ2v) is 6.26. The number of amides is 1. The van der Waals surface area contributed by atoms with Crippen LogP contribution in [0.4, 0.5) is 10.1 Å². The zero-order chi connectivity index (χ0) is 14.1. The quantitative estimate of drug-likeness (QED) is 0.884. The van der Waals surface area contributed by atoms with Gasteiger partial charge >= 0.3 is 0 Å². The van der Waals surface area contributed by atoms with Gasteiger partial charge < -0.3 is 10.6 Å². The zero-order valence-corrected chi connectivity index (χ0v) is 13.1. The Morgan fingerprint density at radius 2 is 2.00 bits per heavy atom. The van der Waals surface area contributed by atoms with E-state index in [1.165, 1.54) is 31.0 Å². The predicted octanol–water partition coefficient (Wildman–Crippen LogP) is 3.76. The molecule has 2 fully saturated rings. The first-order valence-electron chi connectivity index (χ1n) is 7.11. The first-order chi connectivity index (χ1) is 9.60. The molecule has 0 aliphatic carbocycles. The van der Waals surface area contributed by atoms with Crippen LogP contribution in [0.25, 0.3) is 0 Å². The van der Waals surface area contributed by atoms with E-state index >= 15 is 0 Å². The van der Waals surface area contributed by atoms with Crippen molar-refractivity contribution in [1.82, 2.24) is 5.32 Å². The van der Waals surface area contributed by atoms with E-state index in [-0.39, 0.29) is 23.3 Å². The molecule has 2 atom stereocenters. The average molecular weight is 333 g/mol. The summed E-state index contributed by atoms with van der Waals surface area (Å²) in [5.74, 6) is -0.0387. The number of hydrogen-bond donors (Lipinski definition) is 2. The number of anilines is 1. The first kappa shape index (κ1) is 16.5. The highest BCUT2D eigenvalue weighted by molar-refractivity contribution is 6.31. The van der Waals surface area contributed by atoms with Crippen LogP contribution in [0.15, 0.2) is 18.2 Å². The Morgan fingerprint density at radius 1 is 1.33 bits per heavy atom. The minimum Gasteiger partial charge on any atom is -0.326 e. The van der Waals surface area contributed by atoms with Crippen LogP contribution >= 0.6 is 24.0 Å². The Morgan fingerprint density at radius 3 is 2.62 bits per heavy atom.